The van der Waals surface area contributed by atoms with Gasteiger partial charge in [-0.1, -0.05) is 88.4 Å². The van der Waals surface area contributed by atoms with Gasteiger partial charge in [0.1, 0.15) is 0 Å². The normalized spacial score (nSPS) is 12.4. The molecule has 0 heterocycles. The number of benzene rings is 2. The molecule has 0 unspecified atom stereocenters. The van der Waals surface area contributed by atoms with Crippen molar-refractivity contribution in [1.82, 2.24) is 0 Å². The lowest BCUT2D eigenvalue weighted by Gasteiger charge is -2.05. The summed E-state index contributed by atoms with van der Waals surface area (Å²) in [6, 6.07) is 19.3. The van der Waals surface area contributed by atoms with E-state index in [2.05, 4.69) is 39.8 Å². The van der Waals surface area contributed by atoms with E-state index in [1.165, 1.54) is 5.56 Å². The van der Waals surface area contributed by atoms with E-state index in [0.29, 0.717) is 18.1 Å². The van der Waals surface area contributed by atoms with Crippen molar-refractivity contribution in [3.63, 3.8) is 0 Å². The minimum atomic E-state index is -1.67. The molecule has 0 aliphatic rings. The van der Waals surface area contributed by atoms with Crippen molar-refractivity contribution in [3.8, 4) is 0 Å². The minimum Gasteiger partial charge on any atom is -0.377 e. The molecule has 0 saturated carbocycles. The average Bonchev–Trinajstić information content (AvgIpc) is 2.67. The largest absolute Gasteiger partial charge is 0.377 e. The van der Waals surface area contributed by atoms with E-state index < -0.39 is 6.56 Å². The van der Waals surface area contributed by atoms with Crippen molar-refractivity contribution in [2.45, 2.75) is 53.7 Å². The highest BCUT2D eigenvalue weighted by Crippen LogP contribution is 2.04. The van der Waals surface area contributed by atoms with Crippen molar-refractivity contribution >= 4 is 0 Å². The summed E-state index contributed by atoms with van der Waals surface area (Å²) in [5.74, 6) is 1.27. The Morgan fingerprint density at radius 3 is 1.65 bits per heavy atom. The van der Waals surface area contributed by atoms with Gasteiger partial charge in [-0.2, -0.15) is 0 Å². The second-order valence-electron chi connectivity index (χ2n) is 7.22. The van der Waals surface area contributed by atoms with Gasteiger partial charge in [0, 0.05) is 13.2 Å². The quantitative estimate of drug-likeness (QED) is 0.451. The lowest BCUT2D eigenvalue weighted by atomic mass is 10.1. The molecule has 2 nitrogen and oxygen atoms in total. The fourth-order valence-corrected chi connectivity index (χ4v) is 2.02. The minimum absolute atomic E-state index is 0.458. The molecule has 0 aliphatic heterocycles. The van der Waals surface area contributed by atoms with Crippen LogP contribution in [0.2, 0.25) is 0 Å². The monoisotopic (exact) mass is 358 g/mol. The van der Waals surface area contributed by atoms with Crippen LogP contribution in [-0.4, -0.2) is 13.2 Å². The molecule has 0 aliphatic carbocycles. The highest BCUT2D eigenvalue weighted by Gasteiger charge is 1.95. The second kappa shape index (κ2) is 14.5. The molecule has 0 radical (unpaired) electrons. The predicted octanol–water partition coefficient (Wildman–Crippen LogP) is 6.50. The van der Waals surface area contributed by atoms with E-state index in [-0.39, 0.29) is 0 Å². The summed E-state index contributed by atoms with van der Waals surface area (Å²) in [5, 5.41) is 0. The van der Waals surface area contributed by atoms with Crippen molar-refractivity contribution in [1.29, 1.82) is 0 Å². The third-order valence-corrected chi connectivity index (χ3v) is 3.71. The zero-order valence-corrected chi connectivity index (χ0v) is 16.8. The van der Waals surface area contributed by atoms with Gasteiger partial charge >= 0.3 is 0 Å². The van der Waals surface area contributed by atoms with Crippen LogP contribution >= 0.6 is 0 Å². The summed E-state index contributed by atoms with van der Waals surface area (Å²) in [7, 11) is 0. The maximum atomic E-state index is 7.76. The van der Waals surface area contributed by atoms with Crippen LogP contribution in [0.25, 0.3) is 0 Å². The number of hydrogen-bond acceptors (Lipinski definition) is 2. The van der Waals surface area contributed by atoms with Crippen LogP contribution in [0.1, 0.15) is 54.4 Å². The molecule has 144 valence electrons. The smallest absolute Gasteiger partial charge is 0.0716 e. The van der Waals surface area contributed by atoms with Gasteiger partial charge in [-0.25, -0.2) is 0 Å². The van der Waals surface area contributed by atoms with Gasteiger partial charge in [0.15, 0.2) is 0 Å². The molecule has 2 rings (SSSR count). The summed E-state index contributed by atoms with van der Waals surface area (Å²) in [5.41, 5.74) is 1.83. The average molecular weight is 359 g/mol. The molecular formula is C24H36O2. The Balaban J connectivity index is 0.000000283. The Kier molecular flexibility index (Phi) is 10.7. The molecule has 2 heteroatoms. The van der Waals surface area contributed by atoms with Crippen LogP contribution in [-0.2, 0) is 22.6 Å². The first-order chi connectivity index (χ1) is 13.3. The zero-order valence-electron chi connectivity index (χ0n) is 18.8. The Morgan fingerprint density at radius 1 is 0.692 bits per heavy atom. The topological polar surface area (TPSA) is 18.5 Å². The standard InChI is InChI=1S/2C12H18O/c2*1-11(2)8-9-13-10-12-6-4-3-5-7-12/h2*3-7,11H,8-10H2,1-2H3/i10D2;. The Morgan fingerprint density at radius 2 is 1.15 bits per heavy atom. The number of ether oxygens (including phenoxy) is 2. The predicted molar refractivity (Wildman–Crippen MR) is 111 cm³/mol. The Labute approximate surface area is 163 Å². The van der Waals surface area contributed by atoms with Gasteiger partial charge in [-0.3, -0.25) is 0 Å². The zero-order chi connectivity index (χ0) is 20.8. The molecule has 2 aromatic rings. The van der Waals surface area contributed by atoms with E-state index in [1.807, 2.05) is 36.4 Å². The van der Waals surface area contributed by atoms with Gasteiger partial charge in [0.05, 0.1) is 15.9 Å². The molecule has 2 aromatic carbocycles. The number of rotatable bonds is 10. The van der Waals surface area contributed by atoms with E-state index in [4.69, 9.17) is 12.2 Å². The lowest BCUT2D eigenvalue weighted by molar-refractivity contribution is 0.110. The Hall–Kier alpha value is -1.64. The van der Waals surface area contributed by atoms with Crippen LogP contribution in [0.5, 0.6) is 0 Å². The molecule has 0 saturated heterocycles. The molecule has 0 spiro atoms. The molecular weight excluding hydrogens is 320 g/mol. The molecule has 26 heavy (non-hydrogen) atoms. The van der Waals surface area contributed by atoms with E-state index in [9.17, 15) is 0 Å². The van der Waals surface area contributed by atoms with Crippen LogP contribution in [0.4, 0.5) is 0 Å². The van der Waals surface area contributed by atoms with Crippen molar-refractivity contribution in [2.75, 3.05) is 13.2 Å². The van der Waals surface area contributed by atoms with Gasteiger partial charge < -0.3 is 9.47 Å². The van der Waals surface area contributed by atoms with Crippen LogP contribution in [0.15, 0.2) is 60.7 Å². The molecule has 0 N–H and O–H groups in total. The third-order valence-electron chi connectivity index (χ3n) is 3.71. The molecule has 0 amide bonds. The van der Waals surface area contributed by atoms with E-state index in [1.54, 1.807) is 12.1 Å². The summed E-state index contributed by atoms with van der Waals surface area (Å²) in [6.07, 6.45) is 2.03. The second-order valence-corrected chi connectivity index (χ2v) is 7.22. The molecule has 0 bridgehead atoms. The first-order valence-electron chi connectivity index (χ1n) is 10.6. The third kappa shape index (κ3) is 12.7. The van der Waals surface area contributed by atoms with E-state index >= 15 is 0 Å². The van der Waals surface area contributed by atoms with Crippen molar-refractivity contribution < 1.29 is 12.2 Å². The first kappa shape index (κ1) is 19.1. The van der Waals surface area contributed by atoms with Gasteiger partial charge in [-0.05, 0) is 35.8 Å². The highest BCUT2D eigenvalue weighted by atomic mass is 16.5. The molecule has 0 atom stereocenters. The summed E-state index contributed by atoms with van der Waals surface area (Å²) in [6.45, 7) is 9.02. The maximum absolute atomic E-state index is 7.76. The lowest BCUT2D eigenvalue weighted by Crippen LogP contribution is -1.98. The van der Waals surface area contributed by atoms with Gasteiger partial charge in [-0.15, -0.1) is 0 Å². The fraction of sp³-hybridized carbons (Fsp3) is 0.500. The van der Waals surface area contributed by atoms with Crippen LogP contribution in [0.3, 0.4) is 0 Å². The fourth-order valence-electron chi connectivity index (χ4n) is 2.02. The maximum Gasteiger partial charge on any atom is 0.0716 e. The number of hydrogen-bond donors (Lipinski definition) is 0. The van der Waals surface area contributed by atoms with E-state index in [0.717, 1.165) is 32.0 Å². The van der Waals surface area contributed by atoms with Gasteiger partial charge in [0.25, 0.3) is 0 Å². The van der Waals surface area contributed by atoms with Crippen LogP contribution < -0.4 is 0 Å². The molecule has 0 aromatic heterocycles. The van der Waals surface area contributed by atoms with Crippen molar-refractivity contribution in [2.24, 2.45) is 11.8 Å². The van der Waals surface area contributed by atoms with Gasteiger partial charge in [0.2, 0.25) is 0 Å². The van der Waals surface area contributed by atoms with Crippen molar-refractivity contribution in [3.05, 3.63) is 71.8 Å². The SMILES string of the molecule is CC(C)CCOCc1ccccc1.[2H]C([2H])(OCCC(C)C)c1ccccc1. The Bertz CT molecular complexity index is 613. The summed E-state index contributed by atoms with van der Waals surface area (Å²) >= 11 is 0. The molecule has 0 fully saturated rings. The first-order valence-corrected chi connectivity index (χ1v) is 9.62. The van der Waals surface area contributed by atoms with Crippen LogP contribution in [0, 0.1) is 11.8 Å². The summed E-state index contributed by atoms with van der Waals surface area (Å²) in [4.78, 5) is 0. The summed E-state index contributed by atoms with van der Waals surface area (Å²) < 4.78 is 26.3. The highest BCUT2D eigenvalue weighted by molar-refractivity contribution is 5.14.